The number of piperidine rings is 1. The largest absolute Gasteiger partial charge is 0.493 e. The number of para-hydroxylation sites is 1. The molecule has 0 spiro atoms. The SMILES string of the molecule is CCC1CN2CCC[C@@H](CCCNCc3cc(OC)c(OC)c(OC)c3)C2c2[nH]c3ccccc3c21. The second kappa shape index (κ2) is 11.1. The summed E-state index contributed by atoms with van der Waals surface area (Å²) in [6.45, 7) is 6.55. The Bertz CT molecular complexity index is 1150. The first-order valence-electron chi connectivity index (χ1n) is 13.5. The molecular formula is C30H41N3O3. The van der Waals surface area contributed by atoms with Crippen molar-refractivity contribution in [1.29, 1.82) is 0 Å². The van der Waals surface area contributed by atoms with Crippen LogP contribution in [0.1, 0.15) is 67.8 Å². The maximum Gasteiger partial charge on any atom is 0.203 e. The minimum atomic E-state index is 0.527. The van der Waals surface area contributed by atoms with Gasteiger partial charge in [0.15, 0.2) is 11.5 Å². The van der Waals surface area contributed by atoms with Crippen LogP contribution in [0.15, 0.2) is 36.4 Å². The molecule has 2 unspecified atom stereocenters. The van der Waals surface area contributed by atoms with Crippen molar-refractivity contribution >= 4 is 10.9 Å². The van der Waals surface area contributed by atoms with Gasteiger partial charge in [0.25, 0.3) is 0 Å². The number of fused-ring (bicyclic) bond motifs is 5. The van der Waals surface area contributed by atoms with Crippen molar-refractivity contribution in [3.8, 4) is 17.2 Å². The van der Waals surface area contributed by atoms with Gasteiger partial charge in [-0.1, -0.05) is 25.1 Å². The lowest BCUT2D eigenvalue weighted by molar-refractivity contribution is 0.0648. The van der Waals surface area contributed by atoms with Gasteiger partial charge in [0, 0.05) is 29.7 Å². The minimum Gasteiger partial charge on any atom is -0.493 e. The van der Waals surface area contributed by atoms with Crippen LogP contribution >= 0.6 is 0 Å². The van der Waals surface area contributed by atoms with Crippen molar-refractivity contribution in [1.82, 2.24) is 15.2 Å². The lowest BCUT2D eigenvalue weighted by Gasteiger charge is -2.46. The molecule has 1 aromatic heterocycles. The molecule has 6 heteroatoms. The Morgan fingerprint density at radius 1 is 1.06 bits per heavy atom. The summed E-state index contributed by atoms with van der Waals surface area (Å²) in [5, 5.41) is 5.08. The van der Waals surface area contributed by atoms with Gasteiger partial charge < -0.3 is 24.5 Å². The molecule has 0 bridgehead atoms. The smallest absolute Gasteiger partial charge is 0.203 e. The maximum atomic E-state index is 5.50. The number of nitrogens with zero attached hydrogens (tertiary/aromatic N) is 1. The van der Waals surface area contributed by atoms with Crippen molar-refractivity contribution in [2.75, 3.05) is 41.0 Å². The number of ether oxygens (including phenoxy) is 3. The van der Waals surface area contributed by atoms with Crippen LogP contribution in [-0.2, 0) is 6.54 Å². The molecule has 1 saturated heterocycles. The van der Waals surface area contributed by atoms with E-state index in [1.54, 1.807) is 26.9 Å². The van der Waals surface area contributed by atoms with Gasteiger partial charge in [-0.3, -0.25) is 4.90 Å². The van der Waals surface area contributed by atoms with E-state index < -0.39 is 0 Å². The van der Waals surface area contributed by atoms with Crippen molar-refractivity contribution in [2.45, 2.75) is 57.5 Å². The molecule has 1 fully saturated rings. The molecule has 0 amide bonds. The quantitative estimate of drug-likeness (QED) is 0.340. The number of nitrogens with one attached hydrogen (secondary N) is 2. The van der Waals surface area contributed by atoms with Gasteiger partial charge in [-0.25, -0.2) is 0 Å². The second-order valence-electron chi connectivity index (χ2n) is 10.3. The number of hydrogen-bond donors (Lipinski definition) is 2. The summed E-state index contributed by atoms with van der Waals surface area (Å²) >= 11 is 0. The molecule has 2 aromatic carbocycles. The molecule has 2 N–H and O–H groups in total. The van der Waals surface area contributed by atoms with E-state index in [0.717, 1.165) is 18.7 Å². The third-order valence-corrected chi connectivity index (χ3v) is 8.27. The standard InChI is InChI=1S/C30H41N3O3/c1-5-21-19-33-15-9-11-22(29(33)28-27(21)23-12-6-7-13-24(23)32-28)10-8-14-31-18-20-16-25(34-2)30(36-4)26(17-20)35-3/h6-7,12-13,16-17,21-22,29,31-32H,5,8-11,14-15,18-19H2,1-4H3/t21?,22-,29?/m1/s1. The van der Waals surface area contributed by atoms with Crippen molar-refractivity contribution in [3.63, 3.8) is 0 Å². The Kier molecular flexibility index (Phi) is 7.73. The summed E-state index contributed by atoms with van der Waals surface area (Å²) < 4.78 is 16.5. The molecule has 3 atom stereocenters. The molecule has 6 nitrogen and oxygen atoms in total. The van der Waals surface area contributed by atoms with Gasteiger partial charge in [-0.05, 0) is 86.4 Å². The zero-order valence-corrected chi connectivity index (χ0v) is 22.2. The molecule has 5 rings (SSSR count). The van der Waals surface area contributed by atoms with Crippen LogP contribution in [0.3, 0.4) is 0 Å². The molecule has 2 aliphatic rings. The van der Waals surface area contributed by atoms with E-state index >= 15 is 0 Å². The lowest BCUT2D eigenvalue weighted by Crippen LogP contribution is -2.44. The highest BCUT2D eigenvalue weighted by molar-refractivity contribution is 5.85. The summed E-state index contributed by atoms with van der Waals surface area (Å²) in [5.74, 6) is 3.37. The van der Waals surface area contributed by atoms with Crippen LogP contribution in [0.4, 0.5) is 0 Å². The zero-order chi connectivity index (χ0) is 25.1. The first-order chi connectivity index (χ1) is 17.7. The number of rotatable bonds is 10. The molecular weight excluding hydrogens is 450 g/mol. The fraction of sp³-hybridized carbons (Fsp3) is 0.533. The van der Waals surface area contributed by atoms with E-state index in [1.165, 1.54) is 61.8 Å². The van der Waals surface area contributed by atoms with Crippen LogP contribution in [0.5, 0.6) is 17.2 Å². The monoisotopic (exact) mass is 491 g/mol. The van der Waals surface area contributed by atoms with Crippen LogP contribution < -0.4 is 19.5 Å². The number of benzene rings is 2. The molecule has 0 saturated carbocycles. The fourth-order valence-electron chi connectivity index (χ4n) is 6.60. The second-order valence-corrected chi connectivity index (χ2v) is 10.3. The summed E-state index contributed by atoms with van der Waals surface area (Å²) in [7, 11) is 4.96. The Morgan fingerprint density at radius 3 is 2.56 bits per heavy atom. The van der Waals surface area contributed by atoms with Gasteiger partial charge in [0.1, 0.15) is 0 Å². The number of aromatic amines is 1. The molecule has 0 radical (unpaired) electrons. The van der Waals surface area contributed by atoms with Crippen molar-refractivity contribution < 1.29 is 14.2 Å². The van der Waals surface area contributed by atoms with Gasteiger partial charge in [0.2, 0.25) is 5.75 Å². The maximum absolute atomic E-state index is 5.50. The first kappa shape index (κ1) is 25.0. The van der Waals surface area contributed by atoms with Crippen LogP contribution in [0.2, 0.25) is 0 Å². The van der Waals surface area contributed by atoms with Crippen molar-refractivity contribution in [3.05, 3.63) is 53.2 Å². The lowest BCUT2D eigenvalue weighted by atomic mass is 9.77. The third kappa shape index (κ3) is 4.69. The summed E-state index contributed by atoms with van der Waals surface area (Å²) in [5.41, 5.74) is 5.54. The highest BCUT2D eigenvalue weighted by atomic mass is 16.5. The molecule has 2 aliphatic heterocycles. The average Bonchev–Trinajstić information content (AvgIpc) is 3.31. The van der Waals surface area contributed by atoms with Gasteiger partial charge in [-0.2, -0.15) is 0 Å². The van der Waals surface area contributed by atoms with E-state index in [9.17, 15) is 0 Å². The summed E-state index contributed by atoms with van der Waals surface area (Å²) in [4.78, 5) is 6.65. The predicted molar refractivity (Wildman–Crippen MR) is 145 cm³/mol. The third-order valence-electron chi connectivity index (χ3n) is 8.27. The van der Waals surface area contributed by atoms with E-state index in [4.69, 9.17) is 14.2 Å². The summed E-state index contributed by atoms with van der Waals surface area (Å²) in [6.07, 6.45) is 6.25. The van der Waals surface area contributed by atoms with Gasteiger partial charge >= 0.3 is 0 Å². The Morgan fingerprint density at radius 2 is 1.83 bits per heavy atom. The molecule has 0 aliphatic carbocycles. The Labute approximate surface area is 215 Å². The topological polar surface area (TPSA) is 58.8 Å². The van der Waals surface area contributed by atoms with Crippen LogP contribution in [-0.4, -0.2) is 50.8 Å². The average molecular weight is 492 g/mol. The minimum absolute atomic E-state index is 0.527. The normalized spacial score (nSPS) is 21.7. The molecule has 36 heavy (non-hydrogen) atoms. The number of aromatic nitrogens is 1. The van der Waals surface area contributed by atoms with E-state index in [1.807, 2.05) is 12.1 Å². The fourth-order valence-corrected chi connectivity index (χ4v) is 6.60. The number of hydrogen-bond acceptors (Lipinski definition) is 5. The highest BCUT2D eigenvalue weighted by Gasteiger charge is 2.40. The van der Waals surface area contributed by atoms with Gasteiger partial charge in [0.05, 0.1) is 27.4 Å². The van der Waals surface area contributed by atoms with Crippen molar-refractivity contribution in [2.24, 2.45) is 5.92 Å². The molecule has 194 valence electrons. The van der Waals surface area contributed by atoms with Crippen LogP contribution in [0, 0.1) is 5.92 Å². The molecule has 3 heterocycles. The Hall–Kier alpha value is -2.70. The highest BCUT2D eigenvalue weighted by Crippen LogP contribution is 2.48. The summed E-state index contributed by atoms with van der Waals surface area (Å²) in [6, 6.07) is 13.5. The van der Waals surface area contributed by atoms with E-state index in [0.29, 0.717) is 35.1 Å². The van der Waals surface area contributed by atoms with E-state index in [2.05, 4.69) is 46.4 Å². The number of methoxy groups -OCH3 is 3. The molecule has 3 aromatic rings. The Balaban J connectivity index is 1.24. The number of H-pyrrole nitrogens is 1. The van der Waals surface area contributed by atoms with Crippen LogP contribution in [0.25, 0.3) is 10.9 Å². The van der Waals surface area contributed by atoms with E-state index in [-0.39, 0.29) is 0 Å². The van der Waals surface area contributed by atoms with Gasteiger partial charge in [-0.15, -0.1) is 0 Å². The predicted octanol–water partition coefficient (Wildman–Crippen LogP) is 6.02. The first-order valence-corrected chi connectivity index (χ1v) is 13.5. The zero-order valence-electron chi connectivity index (χ0n) is 22.2.